The molecule has 0 aromatic heterocycles. The molecule has 4 nitrogen and oxygen atoms in total. The van der Waals surface area contributed by atoms with Gasteiger partial charge in [0.15, 0.2) is 6.61 Å². The average Bonchev–Trinajstić information content (AvgIpc) is 3.29. The van der Waals surface area contributed by atoms with E-state index in [-0.39, 0.29) is 24.0 Å². The third-order valence-electron chi connectivity index (χ3n) is 4.11. The van der Waals surface area contributed by atoms with Crippen molar-refractivity contribution in [2.45, 2.75) is 50.9 Å². The molecule has 0 radical (unpaired) electrons. The topological polar surface area (TPSA) is 58.6 Å². The molecule has 0 bridgehead atoms. The fraction of sp³-hybridized carbons (Fsp3) is 0.588. The van der Waals surface area contributed by atoms with Crippen LogP contribution in [-0.4, -0.2) is 29.4 Å². The van der Waals surface area contributed by atoms with Crippen molar-refractivity contribution in [3.63, 3.8) is 0 Å². The fourth-order valence-corrected chi connectivity index (χ4v) is 2.59. The van der Waals surface area contributed by atoms with E-state index in [9.17, 15) is 23.1 Å². The summed E-state index contributed by atoms with van der Waals surface area (Å²) in [5.74, 6) is -0.0328. The van der Waals surface area contributed by atoms with Crippen LogP contribution in [0.5, 0.6) is 5.75 Å². The number of hydrogen-bond donors (Lipinski definition) is 2. The molecular weight excluding hydrogens is 323 g/mol. The summed E-state index contributed by atoms with van der Waals surface area (Å²) >= 11 is 0. The maximum atomic E-state index is 12.2. The minimum atomic E-state index is -4.40. The molecule has 1 amide bonds. The highest BCUT2D eigenvalue weighted by atomic mass is 19.4. The normalized spacial score (nSPS) is 18.6. The molecule has 1 aliphatic carbocycles. The molecule has 1 aliphatic rings. The van der Waals surface area contributed by atoms with Crippen LogP contribution < -0.4 is 10.1 Å². The minimum absolute atomic E-state index is 0.00622. The number of nitrogens with one attached hydrogen (secondary N) is 1. The Morgan fingerprint density at radius 1 is 1.42 bits per heavy atom. The number of benzene rings is 1. The van der Waals surface area contributed by atoms with Gasteiger partial charge in [-0.3, -0.25) is 4.79 Å². The molecule has 2 N–H and O–H groups in total. The van der Waals surface area contributed by atoms with Crippen LogP contribution in [0.1, 0.15) is 44.7 Å². The summed E-state index contributed by atoms with van der Waals surface area (Å²) in [5.41, 5.74) is -0.379. The van der Waals surface area contributed by atoms with Crippen molar-refractivity contribution in [1.29, 1.82) is 0 Å². The summed E-state index contributed by atoms with van der Waals surface area (Å²) in [6.07, 6.45) is -2.54. The summed E-state index contributed by atoms with van der Waals surface area (Å²) in [6, 6.07) is 5.77. The molecule has 1 saturated carbocycles. The lowest BCUT2D eigenvalue weighted by molar-refractivity contribution is -0.153. The smallest absolute Gasteiger partial charge is 0.422 e. The standard InChI is InChI=1S/C17H22F3NO3/c1-11(21-15(22)9-16(2,23)13-6-7-13)12-4-3-5-14(8-12)24-10-17(18,19)20/h3-5,8,11,13,23H,6-7,9-10H2,1-2H3,(H,21,22)/t11?,16-/m1/s1. The molecule has 2 atom stereocenters. The van der Waals surface area contributed by atoms with Crippen molar-refractivity contribution in [2.24, 2.45) is 5.92 Å². The lowest BCUT2D eigenvalue weighted by Crippen LogP contribution is -2.37. The third kappa shape index (κ3) is 5.70. The molecule has 1 aromatic carbocycles. The predicted octanol–water partition coefficient (Wildman–Crippen LogP) is 3.36. The first kappa shape index (κ1) is 18.6. The second-order valence-electron chi connectivity index (χ2n) is 6.57. The molecule has 1 aromatic rings. The van der Waals surface area contributed by atoms with E-state index in [1.165, 1.54) is 12.1 Å². The van der Waals surface area contributed by atoms with Crippen molar-refractivity contribution in [2.75, 3.05) is 6.61 Å². The van der Waals surface area contributed by atoms with E-state index in [4.69, 9.17) is 4.74 Å². The van der Waals surface area contributed by atoms with Gasteiger partial charge in [0.05, 0.1) is 18.1 Å². The maximum Gasteiger partial charge on any atom is 0.422 e. The van der Waals surface area contributed by atoms with Crippen molar-refractivity contribution >= 4 is 5.91 Å². The second kappa shape index (κ2) is 7.01. The van der Waals surface area contributed by atoms with Gasteiger partial charge in [-0.1, -0.05) is 12.1 Å². The summed E-state index contributed by atoms with van der Waals surface area (Å²) in [6.45, 7) is 2.02. The van der Waals surface area contributed by atoms with Gasteiger partial charge in [0.1, 0.15) is 5.75 Å². The molecule has 2 rings (SSSR count). The van der Waals surface area contributed by atoms with E-state index in [1.807, 2.05) is 0 Å². The molecule has 0 spiro atoms. The Kier molecular flexibility index (Phi) is 5.42. The highest BCUT2D eigenvalue weighted by molar-refractivity contribution is 5.77. The van der Waals surface area contributed by atoms with E-state index in [1.54, 1.807) is 26.0 Å². The largest absolute Gasteiger partial charge is 0.484 e. The average molecular weight is 345 g/mol. The number of carbonyl (C=O) groups excluding carboxylic acids is 1. The van der Waals surface area contributed by atoms with Crippen LogP contribution in [0.15, 0.2) is 24.3 Å². The van der Waals surface area contributed by atoms with Crippen LogP contribution in [0.4, 0.5) is 13.2 Å². The van der Waals surface area contributed by atoms with Crippen LogP contribution in [0, 0.1) is 5.92 Å². The van der Waals surface area contributed by atoms with Gasteiger partial charge in [-0.15, -0.1) is 0 Å². The second-order valence-corrected chi connectivity index (χ2v) is 6.57. The maximum absolute atomic E-state index is 12.2. The monoisotopic (exact) mass is 345 g/mol. The van der Waals surface area contributed by atoms with Crippen molar-refractivity contribution in [3.8, 4) is 5.75 Å². The van der Waals surface area contributed by atoms with Gasteiger partial charge < -0.3 is 15.2 Å². The van der Waals surface area contributed by atoms with Gasteiger partial charge in [-0.2, -0.15) is 13.2 Å². The Balaban J connectivity index is 1.91. The van der Waals surface area contributed by atoms with Gasteiger partial charge in [0, 0.05) is 0 Å². The van der Waals surface area contributed by atoms with E-state index in [0.29, 0.717) is 5.56 Å². The minimum Gasteiger partial charge on any atom is -0.484 e. The Labute approximate surface area is 139 Å². The summed E-state index contributed by atoms with van der Waals surface area (Å²) in [7, 11) is 0. The zero-order chi connectivity index (χ0) is 18.0. The fourth-order valence-electron chi connectivity index (χ4n) is 2.59. The highest BCUT2D eigenvalue weighted by Gasteiger charge is 2.41. The molecule has 1 fully saturated rings. The van der Waals surface area contributed by atoms with Crippen molar-refractivity contribution < 1.29 is 27.8 Å². The lowest BCUT2D eigenvalue weighted by atomic mass is 9.95. The number of rotatable bonds is 7. The Bertz CT molecular complexity index is 583. The number of hydrogen-bond acceptors (Lipinski definition) is 3. The highest BCUT2D eigenvalue weighted by Crippen LogP contribution is 2.41. The molecular formula is C17H22F3NO3. The first-order chi connectivity index (χ1) is 11.1. The zero-order valence-corrected chi connectivity index (χ0v) is 13.7. The van der Waals surface area contributed by atoms with E-state index in [0.717, 1.165) is 12.8 Å². The van der Waals surface area contributed by atoms with Gasteiger partial charge >= 0.3 is 6.18 Å². The molecule has 0 heterocycles. The molecule has 134 valence electrons. The molecule has 0 saturated heterocycles. The molecule has 0 aliphatic heterocycles. The van der Waals surface area contributed by atoms with Gasteiger partial charge in [-0.25, -0.2) is 0 Å². The number of alkyl halides is 3. The zero-order valence-electron chi connectivity index (χ0n) is 13.7. The molecule has 7 heteroatoms. The van der Waals surface area contributed by atoms with Crippen LogP contribution in [0.3, 0.4) is 0 Å². The number of halogens is 3. The van der Waals surface area contributed by atoms with Crippen LogP contribution in [0.2, 0.25) is 0 Å². The van der Waals surface area contributed by atoms with E-state index < -0.39 is 24.4 Å². The Morgan fingerprint density at radius 2 is 2.08 bits per heavy atom. The summed E-state index contributed by atoms with van der Waals surface area (Å²) in [4.78, 5) is 12.1. The van der Waals surface area contributed by atoms with Gasteiger partial charge in [0.25, 0.3) is 0 Å². The first-order valence-corrected chi connectivity index (χ1v) is 7.88. The van der Waals surface area contributed by atoms with E-state index >= 15 is 0 Å². The first-order valence-electron chi connectivity index (χ1n) is 7.88. The van der Waals surface area contributed by atoms with Gasteiger partial charge in [-0.05, 0) is 50.3 Å². The number of carbonyl (C=O) groups is 1. The number of aliphatic hydroxyl groups is 1. The number of ether oxygens (including phenoxy) is 1. The molecule has 1 unspecified atom stereocenters. The Hall–Kier alpha value is -1.76. The van der Waals surface area contributed by atoms with Crippen molar-refractivity contribution in [3.05, 3.63) is 29.8 Å². The SMILES string of the molecule is CC(NC(=O)C[C@@](C)(O)C1CC1)c1cccc(OCC(F)(F)F)c1. The lowest BCUT2D eigenvalue weighted by Gasteiger charge is -2.23. The Morgan fingerprint density at radius 3 is 2.67 bits per heavy atom. The quantitative estimate of drug-likeness (QED) is 0.797. The van der Waals surface area contributed by atoms with Crippen LogP contribution in [-0.2, 0) is 4.79 Å². The van der Waals surface area contributed by atoms with Crippen LogP contribution >= 0.6 is 0 Å². The van der Waals surface area contributed by atoms with Crippen molar-refractivity contribution in [1.82, 2.24) is 5.32 Å². The molecule has 24 heavy (non-hydrogen) atoms. The third-order valence-corrected chi connectivity index (χ3v) is 4.11. The predicted molar refractivity (Wildman–Crippen MR) is 82.5 cm³/mol. The number of amides is 1. The van der Waals surface area contributed by atoms with Gasteiger partial charge in [0.2, 0.25) is 5.91 Å². The summed E-state index contributed by atoms with van der Waals surface area (Å²) in [5, 5.41) is 13.0. The van der Waals surface area contributed by atoms with Crippen LogP contribution in [0.25, 0.3) is 0 Å². The summed E-state index contributed by atoms with van der Waals surface area (Å²) < 4.78 is 41.3. The van der Waals surface area contributed by atoms with E-state index in [2.05, 4.69) is 5.32 Å².